The van der Waals surface area contributed by atoms with Crippen LogP contribution in [0.5, 0.6) is 0 Å². The summed E-state index contributed by atoms with van der Waals surface area (Å²) in [6, 6.07) is 2.88. The second kappa shape index (κ2) is 5.72. The number of hydrogen-bond acceptors (Lipinski definition) is 3. The van der Waals surface area contributed by atoms with Crippen molar-refractivity contribution in [3.05, 3.63) is 29.3 Å². The minimum absolute atomic E-state index is 0.0802. The Bertz CT molecular complexity index is 433. The Kier molecular flexibility index (Phi) is 4.55. The van der Waals surface area contributed by atoms with Gasteiger partial charge in [0, 0.05) is 24.9 Å². The highest BCUT2D eigenvalue weighted by molar-refractivity contribution is 5.95. The van der Waals surface area contributed by atoms with Gasteiger partial charge < -0.3 is 15.8 Å². The minimum Gasteiger partial charge on any atom is -0.398 e. The van der Waals surface area contributed by atoms with Gasteiger partial charge in [-0.2, -0.15) is 13.2 Å². The Morgan fingerprint density at radius 1 is 1.44 bits per heavy atom. The van der Waals surface area contributed by atoms with E-state index in [2.05, 4.69) is 5.32 Å². The first-order valence-corrected chi connectivity index (χ1v) is 5.10. The number of carbonyl (C=O) groups excluding carboxylic acids is 1. The number of nitrogens with two attached hydrogens (primary N) is 1. The summed E-state index contributed by atoms with van der Waals surface area (Å²) in [7, 11) is 1.47. The van der Waals surface area contributed by atoms with Crippen LogP contribution in [0.4, 0.5) is 18.9 Å². The van der Waals surface area contributed by atoms with Crippen LogP contribution in [0.2, 0.25) is 0 Å². The fourth-order valence-electron chi connectivity index (χ4n) is 1.33. The summed E-state index contributed by atoms with van der Waals surface area (Å²) in [5, 5.41) is 2.48. The number of rotatable bonds is 4. The molecule has 1 rings (SSSR count). The molecule has 0 saturated heterocycles. The number of alkyl halides is 3. The SMILES string of the molecule is COCCNC(=O)c1ccc(C(F)(F)F)c(N)c1. The highest BCUT2D eigenvalue weighted by Crippen LogP contribution is 2.33. The van der Waals surface area contributed by atoms with E-state index in [4.69, 9.17) is 10.5 Å². The lowest BCUT2D eigenvalue weighted by molar-refractivity contribution is -0.136. The molecule has 0 unspecified atom stereocenters. The number of carbonyl (C=O) groups is 1. The van der Waals surface area contributed by atoms with E-state index in [0.717, 1.165) is 18.2 Å². The molecule has 1 aromatic rings. The fourth-order valence-corrected chi connectivity index (χ4v) is 1.33. The molecule has 0 aromatic heterocycles. The van der Waals surface area contributed by atoms with Crippen molar-refractivity contribution in [1.82, 2.24) is 5.32 Å². The van der Waals surface area contributed by atoms with Gasteiger partial charge in [-0.1, -0.05) is 0 Å². The van der Waals surface area contributed by atoms with Gasteiger partial charge in [-0.15, -0.1) is 0 Å². The predicted molar refractivity (Wildman–Crippen MR) is 60.1 cm³/mol. The molecule has 18 heavy (non-hydrogen) atoms. The molecular weight excluding hydrogens is 249 g/mol. The molecule has 0 saturated carbocycles. The third-order valence-electron chi connectivity index (χ3n) is 2.21. The van der Waals surface area contributed by atoms with Crippen LogP contribution in [-0.4, -0.2) is 26.2 Å². The second-order valence-electron chi connectivity index (χ2n) is 3.55. The van der Waals surface area contributed by atoms with Crippen LogP contribution in [0, 0.1) is 0 Å². The van der Waals surface area contributed by atoms with Gasteiger partial charge in [0.05, 0.1) is 12.2 Å². The number of nitrogen functional groups attached to an aromatic ring is 1. The largest absolute Gasteiger partial charge is 0.418 e. The van der Waals surface area contributed by atoms with E-state index in [1.807, 2.05) is 0 Å². The van der Waals surface area contributed by atoms with Crippen LogP contribution in [0.25, 0.3) is 0 Å². The van der Waals surface area contributed by atoms with Crippen molar-refractivity contribution in [2.75, 3.05) is 26.0 Å². The van der Waals surface area contributed by atoms with Crippen LogP contribution >= 0.6 is 0 Å². The first-order valence-electron chi connectivity index (χ1n) is 5.10. The molecule has 0 atom stereocenters. The molecule has 0 heterocycles. The zero-order chi connectivity index (χ0) is 13.8. The smallest absolute Gasteiger partial charge is 0.398 e. The second-order valence-corrected chi connectivity index (χ2v) is 3.55. The molecule has 0 aliphatic heterocycles. The zero-order valence-corrected chi connectivity index (χ0v) is 9.67. The van der Waals surface area contributed by atoms with Gasteiger partial charge in [0.25, 0.3) is 5.91 Å². The van der Waals surface area contributed by atoms with Crippen molar-refractivity contribution in [3.63, 3.8) is 0 Å². The van der Waals surface area contributed by atoms with Crippen LogP contribution < -0.4 is 11.1 Å². The number of methoxy groups -OCH3 is 1. The standard InChI is InChI=1S/C11H13F3N2O2/c1-18-5-4-16-10(17)7-2-3-8(9(15)6-7)11(12,13)14/h2-3,6H,4-5,15H2,1H3,(H,16,17). The lowest BCUT2D eigenvalue weighted by atomic mass is 10.1. The first-order chi connectivity index (χ1) is 8.36. The maximum absolute atomic E-state index is 12.4. The van der Waals surface area contributed by atoms with E-state index >= 15 is 0 Å². The molecule has 4 nitrogen and oxygen atoms in total. The van der Waals surface area contributed by atoms with Crippen molar-refractivity contribution in [1.29, 1.82) is 0 Å². The van der Waals surface area contributed by atoms with Gasteiger partial charge in [0.2, 0.25) is 0 Å². The van der Waals surface area contributed by atoms with Gasteiger partial charge in [0.1, 0.15) is 0 Å². The molecule has 0 fully saturated rings. The first kappa shape index (κ1) is 14.3. The highest BCUT2D eigenvalue weighted by atomic mass is 19.4. The van der Waals surface area contributed by atoms with Crippen LogP contribution in [0.15, 0.2) is 18.2 Å². The van der Waals surface area contributed by atoms with Crippen molar-refractivity contribution in [2.24, 2.45) is 0 Å². The average molecular weight is 262 g/mol. The van der Waals surface area contributed by atoms with Crippen LogP contribution in [0.3, 0.4) is 0 Å². The summed E-state index contributed by atoms with van der Waals surface area (Å²) < 4.78 is 42.0. The molecule has 7 heteroatoms. The summed E-state index contributed by atoms with van der Waals surface area (Å²) in [6.45, 7) is 0.595. The van der Waals surface area contributed by atoms with E-state index in [0.29, 0.717) is 6.61 Å². The Balaban J connectivity index is 2.81. The Labute approximate surface area is 102 Å². The number of anilines is 1. The van der Waals surface area contributed by atoms with E-state index in [9.17, 15) is 18.0 Å². The summed E-state index contributed by atoms with van der Waals surface area (Å²) in [5.74, 6) is -0.493. The number of ether oxygens (including phenoxy) is 1. The third kappa shape index (κ3) is 3.63. The van der Waals surface area contributed by atoms with Gasteiger partial charge in [-0.25, -0.2) is 0 Å². The molecule has 1 amide bonds. The van der Waals surface area contributed by atoms with Crippen molar-refractivity contribution >= 4 is 11.6 Å². The average Bonchev–Trinajstić information content (AvgIpc) is 2.27. The third-order valence-corrected chi connectivity index (χ3v) is 2.21. The lowest BCUT2D eigenvalue weighted by Crippen LogP contribution is -2.27. The maximum atomic E-state index is 12.4. The van der Waals surface area contributed by atoms with E-state index in [1.165, 1.54) is 7.11 Å². The van der Waals surface area contributed by atoms with Crippen molar-refractivity contribution < 1.29 is 22.7 Å². The number of amides is 1. The molecule has 100 valence electrons. The quantitative estimate of drug-likeness (QED) is 0.640. The highest BCUT2D eigenvalue weighted by Gasteiger charge is 2.33. The molecule has 0 radical (unpaired) electrons. The normalized spacial score (nSPS) is 11.3. The Morgan fingerprint density at radius 3 is 2.61 bits per heavy atom. The number of halogens is 3. The van der Waals surface area contributed by atoms with Crippen molar-refractivity contribution in [2.45, 2.75) is 6.18 Å². The summed E-state index contributed by atoms with van der Waals surface area (Å²) in [4.78, 5) is 11.5. The van der Waals surface area contributed by atoms with Crippen LogP contribution in [-0.2, 0) is 10.9 Å². The molecule has 3 N–H and O–H groups in total. The number of nitrogens with one attached hydrogen (secondary N) is 1. The Hall–Kier alpha value is -1.76. The number of hydrogen-bond donors (Lipinski definition) is 2. The maximum Gasteiger partial charge on any atom is 0.418 e. The van der Waals surface area contributed by atoms with E-state index < -0.39 is 23.3 Å². The summed E-state index contributed by atoms with van der Waals surface area (Å²) >= 11 is 0. The summed E-state index contributed by atoms with van der Waals surface area (Å²) in [6.07, 6.45) is -4.52. The van der Waals surface area contributed by atoms with E-state index in [-0.39, 0.29) is 12.1 Å². The Morgan fingerprint density at radius 2 is 2.11 bits per heavy atom. The predicted octanol–water partition coefficient (Wildman–Crippen LogP) is 1.66. The van der Waals surface area contributed by atoms with Gasteiger partial charge in [-0.05, 0) is 18.2 Å². The van der Waals surface area contributed by atoms with Gasteiger partial charge >= 0.3 is 6.18 Å². The summed E-state index contributed by atoms with van der Waals surface area (Å²) in [5.41, 5.74) is 3.94. The molecule has 1 aromatic carbocycles. The topological polar surface area (TPSA) is 64.3 Å². The van der Waals surface area contributed by atoms with Crippen molar-refractivity contribution in [3.8, 4) is 0 Å². The lowest BCUT2D eigenvalue weighted by Gasteiger charge is -2.11. The van der Waals surface area contributed by atoms with Crippen LogP contribution in [0.1, 0.15) is 15.9 Å². The number of benzene rings is 1. The molecular formula is C11H13F3N2O2. The van der Waals surface area contributed by atoms with Gasteiger partial charge in [-0.3, -0.25) is 4.79 Å². The monoisotopic (exact) mass is 262 g/mol. The molecule has 0 bridgehead atoms. The zero-order valence-electron chi connectivity index (χ0n) is 9.67. The fraction of sp³-hybridized carbons (Fsp3) is 0.364. The molecule has 0 spiro atoms. The van der Waals surface area contributed by atoms with Gasteiger partial charge in [0.15, 0.2) is 0 Å². The van der Waals surface area contributed by atoms with E-state index in [1.54, 1.807) is 0 Å². The minimum atomic E-state index is -4.52. The molecule has 0 aliphatic rings. The molecule has 0 aliphatic carbocycles.